The first-order valence-corrected chi connectivity index (χ1v) is 7.05. The van der Waals surface area contributed by atoms with Crippen molar-refractivity contribution < 1.29 is 22.1 Å². The first-order chi connectivity index (χ1) is 7.46. The third kappa shape index (κ3) is 5.50. The van der Waals surface area contributed by atoms with Crippen LogP contribution in [0.25, 0.3) is 0 Å². The van der Waals surface area contributed by atoms with Crippen molar-refractivity contribution in [1.82, 2.24) is 0 Å². The standard InChI is InChI=1S/C11H22O5S/c1-7-10(2,3)9(12)16-11(4,5)8-17(13,14)15-6/h7-8H2,1-6H3. The molecular weight excluding hydrogens is 244 g/mol. The van der Waals surface area contributed by atoms with Gasteiger partial charge in [-0.2, -0.15) is 8.42 Å². The van der Waals surface area contributed by atoms with Crippen molar-refractivity contribution in [3.8, 4) is 0 Å². The van der Waals surface area contributed by atoms with Crippen molar-refractivity contribution in [2.24, 2.45) is 5.41 Å². The lowest BCUT2D eigenvalue weighted by Crippen LogP contribution is -2.40. The van der Waals surface area contributed by atoms with Crippen LogP contribution in [0.15, 0.2) is 0 Å². The quantitative estimate of drug-likeness (QED) is 0.541. The zero-order chi connectivity index (χ0) is 13.9. The van der Waals surface area contributed by atoms with E-state index >= 15 is 0 Å². The van der Waals surface area contributed by atoms with E-state index in [4.69, 9.17) is 4.74 Å². The Bertz CT molecular complexity index is 367. The zero-order valence-electron chi connectivity index (χ0n) is 11.4. The molecule has 102 valence electrons. The van der Waals surface area contributed by atoms with Crippen molar-refractivity contribution in [3.05, 3.63) is 0 Å². The summed E-state index contributed by atoms with van der Waals surface area (Å²) in [4.78, 5) is 11.8. The molecule has 0 bridgehead atoms. The van der Waals surface area contributed by atoms with Gasteiger partial charge in [0, 0.05) is 0 Å². The van der Waals surface area contributed by atoms with Gasteiger partial charge in [-0.1, -0.05) is 6.92 Å². The highest BCUT2D eigenvalue weighted by Crippen LogP contribution is 2.25. The summed E-state index contributed by atoms with van der Waals surface area (Å²) in [6, 6.07) is 0. The minimum Gasteiger partial charge on any atom is -0.458 e. The van der Waals surface area contributed by atoms with Gasteiger partial charge in [-0.25, -0.2) is 0 Å². The second kappa shape index (κ2) is 5.35. The van der Waals surface area contributed by atoms with E-state index in [1.54, 1.807) is 27.7 Å². The molecule has 0 amide bonds. The van der Waals surface area contributed by atoms with Gasteiger partial charge in [-0.15, -0.1) is 0 Å². The van der Waals surface area contributed by atoms with Crippen LogP contribution in [0.4, 0.5) is 0 Å². The van der Waals surface area contributed by atoms with Gasteiger partial charge < -0.3 is 4.74 Å². The Labute approximate surface area is 104 Å². The van der Waals surface area contributed by atoms with Gasteiger partial charge in [-0.3, -0.25) is 8.98 Å². The SMILES string of the molecule is CCC(C)(C)C(=O)OC(C)(C)CS(=O)(=O)OC. The Morgan fingerprint density at radius 1 is 1.18 bits per heavy atom. The Kier molecular flexibility index (Phi) is 5.16. The highest BCUT2D eigenvalue weighted by Gasteiger charge is 2.35. The molecule has 0 aromatic rings. The number of hydrogen-bond donors (Lipinski definition) is 0. The Hall–Kier alpha value is -0.620. The van der Waals surface area contributed by atoms with Crippen LogP contribution in [0.2, 0.25) is 0 Å². The summed E-state index contributed by atoms with van der Waals surface area (Å²) < 4.78 is 32.2. The third-order valence-corrected chi connectivity index (χ3v) is 4.14. The second-order valence-electron chi connectivity index (χ2n) is 5.26. The molecular formula is C11H22O5S. The molecule has 0 unspecified atom stereocenters. The highest BCUT2D eigenvalue weighted by molar-refractivity contribution is 7.86. The highest BCUT2D eigenvalue weighted by atomic mass is 32.2. The monoisotopic (exact) mass is 266 g/mol. The van der Waals surface area contributed by atoms with Crippen molar-refractivity contribution in [2.75, 3.05) is 12.9 Å². The maximum Gasteiger partial charge on any atom is 0.312 e. The van der Waals surface area contributed by atoms with E-state index in [1.807, 2.05) is 6.92 Å². The summed E-state index contributed by atoms with van der Waals surface area (Å²) in [6.45, 7) is 8.49. The maximum absolute atomic E-state index is 11.8. The number of carbonyl (C=O) groups excluding carboxylic acids is 1. The lowest BCUT2D eigenvalue weighted by Gasteiger charge is -2.29. The van der Waals surface area contributed by atoms with Crippen LogP contribution >= 0.6 is 0 Å². The van der Waals surface area contributed by atoms with Crippen LogP contribution in [-0.2, 0) is 23.8 Å². The van der Waals surface area contributed by atoms with E-state index < -0.39 is 27.1 Å². The molecule has 6 heteroatoms. The topological polar surface area (TPSA) is 69.7 Å². The first-order valence-electron chi connectivity index (χ1n) is 5.47. The Balaban J connectivity index is 4.73. The predicted molar refractivity (Wildman–Crippen MR) is 65.0 cm³/mol. The van der Waals surface area contributed by atoms with E-state index in [0.29, 0.717) is 6.42 Å². The maximum atomic E-state index is 11.8. The molecule has 0 saturated heterocycles. The molecule has 0 spiro atoms. The van der Waals surface area contributed by atoms with Crippen LogP contribution in [0.5, 0.6) is 0 Å². The number of esters is 1. The summed E-state index contributed by atoms with van der Waals surface area (Å²) in [6.07, 6.45) is 0.624. The van der Waals surface area contributed by atoms with E-state index in [1.165, 1.54) is 0 Å². The Morgan fingerprint density at radius 2 is 1.65 bits per heavy atom. The molecule has 0 atom stereocenters. The van der Waals surface area contributed by atoms with E-state index in [-0.39, 0.29) is 5.75 Å². The lowest BCUT2D eigenvalue weighted by atomic mass is 9.90. The van der Waals surface area contributed by atoms with Gasteiger partial charge in [0.2, 0.25) is 0 Å². The molecule has 0 aliphatic rings. The van der Waals surface area contributed by atoms with Gasteiger partial charge in [-0.05, 0) is 34.1 Å². The van der Waals surface area contributed by atoms with E-state index in [9.17, 15) is 13.2 Å². The molecule has 0 aliphatic carbocycles. The van der Waals surface area contributed by atoms with Crippen molar-refractivity contribution in [1.29, 1.82) is 0 Å². The number of rotatable bonds is 6. The fourth-order valence-corrected chi connectivity index (χ4v) is 2.08. The molecule has 17 heavy (non-hydrogen) atoms. The van der Waals surface area contributed by atoms with Gasteiger partial charge in [0.1, 0.15) is 11.4 Å². The van der Waals surface area contributed by atoms with Gasteiger partial charge in [0.25, 0.3) is 10.1 Å². The second-order valence-corrected chi connectivity index (χ2v) is 6.99. The molecule has 0 aromatic carbocycles. The molecule has 0 rings (SSSR count). The predicted octanol–water partition coefficient (Wildman–Crippen LogP) is 1.72. The van der Waals surface area contributed by atoms with Crippen LogP contribution in [0, 0.1) is 5.41 Å². The smallest absolute Gasteiger partial charge is 0.312 e. The van der Waals surface area contributed by atoms with Gasteiger partial charge >= 0.3 is 5.97 Å². The Morgan fingerprint density at radius 3 is 2.00 bits per heavy atom. The summed E-state index contributed by atoms with van der Waals surface area (Å²) in [7, 11) is -2.57. The molecule has 0 fully saturated rings. The molecule has 0 radical (unpaired) electrons. The minimum atomic E-state index is -3.65. The van der Waals surface area contributed by atoms with Crippen LogP contribution in [-0.4, -0.2) is 32.9 Å². The first kappa shape index (κ1) is 16.4. The number of carbonyl (C=O) groups is 1. The van der Waals surface area contributed by atoms with E-state index in [0.717, 1.165) is 7.11 Å². The average Bonchev–Trinajstić information content (AvgIpc) is 2.15. The number of ether oxygens (including phenoxy) is 1. The minimum absolute atomic E-state index is 0.359. The van der Waals surface area contributed by atoms with Crippen LogP contribution in [0.3, 0.4) is 0 Å². The fourth-order valence-electron chi connectivity index (χ4n) is 1.05. The molecule has 0 aliphatic heterocycles. The van der Waals surface area contributed by atoms with Crippen LogP contribution < -0.4 is 0 Å². The van der Waals surface area contributed by atoms with Crippen molar-refractivity contribution >= 4 is 16.1 Å². The third-order valence-electron chi connectivity index (χ3n) is 2.58. The molecule has 0 aromatic heterocycles. The molecule has 0 N–H and O–H groups in total. The van der Waals surface area contributed by atoms with Crippen molar-refractivity contribution in [2.45, 2.75) is 46.6 Å². The summed E-state index contributed by atoms with van der Waals surface area (Å²) in [5, 5.41) is 0. The summed E-state index contributed by atoms with van der Waals surface area (Å²) in [5.41, 5.74) is -1.72. The molecule has 0 saturated carbocycles. The summed E-state index contributed by atoms with van der Waals surface area (Å²) in [5.74, 6) is -0.765. The molecule has 0 heterocycles. The normalized spacial score (nSPS) is 13.5. The van der Waals surface area contributed by atoms with Gasteiger partial charge in [0.05, 0.1) is 12.5 Å². The lowest BCUT2D eigenvalue weighted by molar-refractivity contribution is -0.165. The zero-order valence-corrected chi connectivity index (χ0v) is 12.2. The van der Waals surface area contributed by atoms with E-state index in [2.05, 4.69) is 4.18 Å². The van der Waals surface area contributed by atoms with Crippen LogP contribution in [0.1, 0.15) is 41.0 Å². The van der Waals surface area contributed by atoms with Gasteiger partial charge in [0.15, 0.2) is 0 Å². The largest absolute Gasteiger partial charge is 0.458 e. The number of hydrogen-bond acceptors (Lipinski definition) is 5. The fraction of sp³-hybridized carbons (Fsp3) is 0.909. The summed E-state index contributed by atoms with van der Waals surface area (Å²) >= 11 is 0. The molecule has 5 nitrogen and oxygen atoms in total. The van der Waals surface area contributed by atoms with Crippen molar-refractivity contribution in [3.63, 3.8) is 0 Å². The average molecular weight is 266 g/mol.